The molecule has 1 nitrogen and oxygen atoms in total. The van der Waals surface area contributed by atoms with E-state index in [4.69, 9.17) is 23.2 Å². The predicted molar refractivity (Wildman–Crippen MR) is 76.5 cm³/mol. The molecule has 2 aromatic rings. The second-order valence-corrected chi connectivity index (χ2v) is 4.74. The lowest BCUT2D eigenvalue weighted by atomic mass is 10.0. The topological polar surface area (TPSA) is 17.1 Å². The Bertz CT molecular complexity index is 574. The number of rotatable bonds is 3. The molecular weight excluding hydrogens is 267 g/mol. The van der Waals surface area contributed by atoms with Gasteiger partial charge in [-0.25, -0.2) is 0 Å². The molecule has 0 saturated carbocycles. The van der Waals surface area contributed by atoms with E-state index in [9.17, 15) is 4.79 Å². The number of Topliss-reactive ketones (excluding diaryl/α,β-unsaturated/α-hetero) is 1. The number of carbonyl (C=O) groups is 1. The van der Waals surface area contributed by atoms with Gasteiger partial charge >= 0.3 is 0 Å². The van der Waals surface area contributed by atoms with Gasteiger partial charge in [0.1, 0.15) is 0 Å². The summed E-state index contributed by atoms with van der Waals surface area (Å²) in [5.41, 5.74) is 2.55. The number of ketones is 1. The zero-order valence-electron chi connectivity index (χ0n) is 9.91. The standard InChI is InChI=1S/C15H12Cl2O/c1-2-14(18)11-8-6-10(7-9-11)12-4-3-5-13(16)15(12)17/h3-9H,2H2,1H3. The molecule has 0 unspecified atom stereocenters. The Balaban J connectivity index is 2.40. The van der Waals surface area contributed by atoms with Gasteiger partial charge in [-0.3, -0.25) is 4.79 Å². The van der Waals surface area contributed by atoms with E-state index in [-0.39, 0.29) is 5.78 Å². The van der Waals surface area contributed by atoms with E-state index in [0.717, 1.165) is 16.7 Å². The van der Waals surface area contributed by atoms with Crippen molar-refractivity contribution in [2.75, 3.05) is 0 Å². The minimum absolute atomic E-state index is 0.138. The average molecular weight is 279 g/mol. The van der Waals surface area contributed by atoms with Crippen molar-refractivity contribution in [1.82, 2.24) is 0 Å². The van der Waals surface area contributed by atoms with Gasteiger partial charge in [0.15, 0.2) is 5.78 Å². The molecule has 0 radical (unpaired) electrons. The molecule has 0 aromatic heterocycles. The molecular formula is C15H12Cl2O. The first kappa shape index (κ1) is 13.1. The van der Waals surface area contributed by atoms with E-state index in [1.54, 1.807) is 6.07 Å². The quantitative estimate of drug-likeness (QED) is 0.701. The Morgan fingerprint density at radius 3 is 2.33 bits per heavy atom. The molecule has 0 aliphatic heterocycles. The van der Waals surface area contributed by atoms with Gasteiger partial charge in [0.05, 0.1) is 10.0 Å². The van der Waals surface area contributed by atoms with Crippen molar-refractivity contribution < 1.29 is 4.79 Å². The maximum Gasteiger partial charge on any atom is 0.162 e. The number of hydrogen-bond donors (Lipinski definition) is 0. The van der Waals surface area contributed by atoms with Crippen LogP contribution in [0.4, 0.5) is 0 Å². The molecule has 0 aliphatic rings. The third-order valence-electron chi connectivity index (χ3n) is 2.79. The van der Waals surface area contributed by atoms with E-state index in [1.165, 1.54) is 0 Å². The summed E-state index contributed by atoms with van der Waals surface area (Å²) in [5.74, 6) is 0.138. The van der Waals surface area contributed by atoms with Crippen molar-refractivity contribution in [2.45, 2.75) is 13.3 Å². The van der Waals surface area contributed by atoms with Crippen LogP contribution in [0, 0.1) is 0 Å². The van der Waals surface area contributed by atoms with Gasteiger partial charge in [-0.1, -0.05) is 66.5 Å². The molecule has 0 bridgehead atoms. The molecule has 2 aromatic carbocycles. The van der Waals surface area contributed by atoms with Crippen LogP contribution in [0.5, 0.6) is 0 Å². The van der Waals surface area contributed by atoms with Crippen molar-refractivity contribution in [3.05, 3.63) is 58.1 Å². The summed E-state index contributed by atoms with van der Waals surface area (Å²) in [5, 5.41) is 1.07. The first-order valence-corrected chi connectivity index (χ1v) is 6.46. The molecule has 0 amide bonds. The van der Waals surface area contributed by atoms with Gasteiger partial charge in [0.2, 0.25) is 0 Å². The number of halogens is 2. The minimum atomic E-state index is 0.138. The highest BCUT2D eigenvalue weighted by Gasteiger charge is 2.08. The van der Waals surface area contributed by atoms with Crippen LogP contribution in [0.3, 0.4) is 0 Å². The zero-order valence-corrected chi connectivity index (χ0v) is 11.4. The van der Waals surface area contributed by atoms with Crippen molar-refractivity contribution >= 4 is 29.0 Å². The summed E-state index contributed by atoms with van der Waals surface area (Å²) in [7, 11) is 0. The van der Waals surface area contributed by atoms with Gasteiger partial charge in [-0.05, 0) is 11.6 Å². The van der Waals surface area contributed by atoms with Gasteiger partial charge in [0, 0.05) is 17.5 Å². The molecule has 0 aliphatic carbocycles. The van der Waals surface area contributed by atoms with Gasteiger partial charge < -0.3 is 0 Å². The third kappa shape index (κ3) is 2.58. The fourth-order valence-electron chi connectivity index (χ4n) is 1.77. The van der Waals surface area contributed by atoms with Crippen molar-refractivity contribution in [3.63, 3.8) is 0 Å². The van der Waals surface area contributed by atoms with E-state index < -0.39 is 0 Å². The van der Waals surface area contributed by atoms with E-state index >= 15 is 0 Å². The van der Waals surface area contributed by atoms with E-state index in [2.05, 4.69) is 0 Å². The van der Waals surface area contributed by atoms with Crippen LogP contribution in [0.2, 0.25) is 10.0 Å². The highest BCUT2D eigenvalue weighted by atomic mass is 35.5. The number of carbonyl (C=O) groups excluding carboxylic acids is 1. The monoisotopic (exact) mass is 278 g/mol. The molecule has 18 heavy (non-hydrogen) atoms. The molecule has 92 valence electrons. The summed E-state index contributed by atoms with van der Waals surface area (Å²) < 4.78 is 0. The SMILES string of the molecule is CCC(=O)c1ccc(-c2cccc(Cl)c2Cl)cc1. The maximum absolute atomic E-state index is 11.5. The van der Waals surface area contributed by atoms with E-state index in [1.807, 2.05) is 43.3 Å². The van der Waals surface area contributed by atoms with Crippen LogP contribution < -0.4 is 0 Å². The molecule has 0 fully saturated rings. The normalized spacial score (nSPS) is 10.4. The molecule has 3 heteroatoms. The lowest BCUT2D eigenvalue weighted by Gasteiger charge is -2.06. The Kier molecular flexibility index (Phi) is 4.05. The minimum Gasteiger partial charge on any atom is -0.294 e. The summed E-state index contributed by atoms with van der Waals surface area (Å²) in [6.07, 6.45) is 0.511. The van der Waals surface area contributed by atoms with Crippen LogP contribution in [0.1, 0.15) is 23.7 Å². The summed E-state index contributed by atoms with van der Waals surface area (Å²) in [6, 6.07) is 12.9. The molecule has 0 N–H and O–H groups in total. The van der Waals surface area contributed by atoms with Crippen LogP contribution in [-0.4, -0.2) is 5.78 Å². The highest BCUT2D eigenvalue weighted by Crippen LogP contribution is 2.33. The first-order valence-electron chi connectivity index (χ1n) is 5.71. The highest BCUT2D eigenvalue weighted by molar-refractivity contribution is 6.43. The fourth-order valence-corrected chi connectivity index (χ4v) is 2.18. The van der Waals surface area contributed by atoms with E-state index in [0.29, 0.717) is 16.5 Å². The maximum atomic E-state index is 11.5. The Hall–Kier alpha value is -1.31. The summed E-state index contributed by atoms with van der Waals surface area (Å²) in [4.78, 5) is 11.5. The molecule has 0 atom stereocenters. The van der Waals surface area contributed by atoms with Crippen LogP contribution in [-0.2, 0) is 0 Å². The summed E-state index contributed by atoms with van der Waals surface area (Å²) >= 11 is 12.1. The molecule has 0 spiro atoms. The lowest BCUT2D eigenvalue weighted by Crippen LogP contribution is -1.95. The molecule has 0 heterocycles. The molecule has 0 saturated heterocycles. The number of hydrogen-bond acceptors (Lipinski definition) is 1. The lowest BCUT2D eigenvalue weighted by molar-refractivity contribution is 0.0988. The predicted octanol–water partition coefficient (Wildman–Crippen LogP) is 5.25. The Morgan fingerprint density at radius 2 is 1.72 bits per heavy atom. The van der Waals surface area contributed by atoms with Crippen LogP contribution in [0.25, 0.3) is 11.1 Å². The van der Waals surface area contributed by atoms with Gasteiger partial charge in [-0.2, -0.15) is 0 Å². The average Bonchev–Trinajstić information content (AvgIpc) is 2.41. The largest absolute Gasteiger partial charge is 0.294 e. The van der Waals surface area contributed by atoms with Crippen molar-refractivity contribution in [2.24, 2.45) is 0 Å². The number of benzene rings is 2. The van der Waals surface area contributed by atoms with Gasteiger partial charge in [0.25, 0.3) is 0 Å². The zero-order chi connectivity index (χ0) is 13.1. The first-order chi connectivity index (χ1) is 8.63. The third-order valence-corrected chi connectivity index (χ3v) is 3.61. The van der Waals surface area contributed by atoms with Crippen molar-refractivity contribution in [3.8, 4) is 11.1 Å². The second kappa shape index (κ2) is 5.55. The van der Waals surface area contributed by atoms with Crippen molar-refractivity contribution in [1.29, 1.82) is 0 Å². The smallest absolute Gasteiger partial charge is 0.162 e. The van der Waals surface area contributed by atoms with Gasteiger partial charge in [-0.15, -0.1) is 0 Å². The summed E-state index contributed by atoms with van der Waals surface area (Å²) in [6.45, 7) is 1.85. The Labute approximate surface area is 116 Å². The second-order valence-electron chi connectivity index (χ2n) is 3.96. The Morgan fingerprint density at radius 1 is 1.06 bits per heavy atom. The fraction of sp³-hybridized carbons (Fsp3) is 0.133. The van der Waals surface area contributed by atoms with Crippen LogP contribution >= 0.6 is 23.2 Å². The van der Waals surface area contributed by atoms with Crippen LogP contribution in [0.15, 0.2) is 42.5 Å². The molecule has 2 rings (SSSR count).